The van der Waals surface area contributed by atoms with Crippen molar-refractivity contribution in [2.24, 2.45) is 11.7 Å². The molecule has 0 saturated heterocycles. The molecule has 5 nitrogen and oxygen atoms in total. The quantitative estimate of drug-likeness (QED) is 0.733. The van der Waals surface area contributed by atoms with Gasteiger partial charge in [0.05, 0.1) is 0 Å². The fourth-order valence-corrected chi connectivity index (χ4v) is 2.01. The van der Waals surface area contributed by atoms with Crippen LogP contribution in [0.25, 0.3) is 0 Å². The molecule has 0 amide bonds. The summed E-state index contributed by atoms with van der Waals surface area (Å²) in [6.07, 6.45) is 4.04. The summed E-state index contributed by atoms with van der Waals surface area (Å²) in [7, 11) is 0. The lowest BCUT2D eigenvalue weighted by molar-refractivity contribution is 0.333. The van der Waals surface area contributed by atoms with Gasteiger partial charge < -0.3 is 16.4 Å². The largest absolute Gasteiger partial charge is 0.370 e. The summed E-state index contributed by atoms with van der Waals surface area (Å²) >= 11 is 0. The second-order valence-corrected chi connectivity index (χ2v) is 6.21. The molecular weight excluding hydrogens is 238 g/mol. The van der Waals surface area contributed by atoms with Crippen LogP contribution < -0.4 is 16.4 Å². The van der Waals surface area contributed by atoms with E-state index < -0.39 is 0 Å². The molecule has 1 heterocycles. The maximum absolute atomic E-state index is 5.96. The Balaban J connectivity index is 1.93. The molecule has 1 aliphatic carbocycles. The molecule has 0 radical (unpaired) electrons. The first-order valence-corrected chi connectivity index (χ1v) is 7.05. The molecule has 1 aromatic heterocycles. The molecule has 1 fully saturated rings. The number of nitrogens with two attached hydrogens (primary N) is 1. The van der Waals surface area contributed by atoms with Crippen molar-refractivity contribution in [2.45, 2.75) is 45.6 Å². The molecule has 1 saturated carbocycles. The number of hydrogen-bond donors (Lipinski definition) is 3. The van der Waals surface area contributed by atoms with Gasteiger partial charge in [-0.3, -0.25) is 0 Å². The molecule has 0 spiro atoms. The highest BCUT2D eigenvalue weighted by molar-refractivity contribution is 5.47. The Morgan fingerprint density at radius 2 is 1.89 bits per heavy atom. The minimum atomic E-state index is -0.252. The van der Waals surface area contributed by atoms with E-state index in [9.17, 15) is 0 Å². The Hall–Kier alpha value is -1.36. The lowest BCUT2D eigenvalue weighted by atomic mass is 9.85. The van der Waals surface area contributed by atoms with Gasteiger partial charge in [-0.2, -0.15) is 0 Å². The van der Waals surface area contributed by atoms with E-state index in [1.807, 2.05) is 26.8 Å². The van der Waals surface area contributed by atoms with Crippen molar-refractivity contribution in [2.75, 3.05) is 23.7 Å². The summed E-state index contributed by atoms with van der Waals surface area (Å²) < 4.78 is 0. The molecule has 0 atom stereocenters. The van der Waals surface area contributed by atoms with Crippen LogP contribution in [-0.4, -0.2) is 28.6 Å². The third kappa shape index (κ3) is 4.67. The molecule has 5 heteroatoms. The van der Waals surface area contributed by atoms with Gasteiger partial charge in [0.1, 0.15) is 17.5 Å². The van der Waals surface area contributed by atoms with E-state index in [2.05, 4.69) is 20.6 Å². The molecule has 1 aromatic rings. The molecule has 4 N–H and O–H groups in total. The molecule has 0 unspecified atom stereocenters. The Labute approximate surface area is 115 Å². The Morgan fingerprint density at radius 1 is 1.26 bits per heavy atom. The second-order valence-electron chi connectivity index (χ2n) is 6.21. The highest BCUT2D eigenvalue weighted by atomic mass is 15.1. The molecule has 0 bridgehead atoms. The Kier molecular flexibility index (Phi) is 4.24. The van der Waals surface area contributed by atoms with Crippen LogP contribution in [0.2, 0.25) is 0 Å². The van der Waals surface area contributed by atoms with Crippen LogP contribution in [0.1, 0.15) is 38.9 Å². The van der Waals surface area contributed by atoms with Crippen LogP contribution in [0.15, 0.2) is 6.07 Å². The minimum absolute atomic E-state index is 0.252. The predicted octanol–water partition coefficient (Wildman–Crippen LogP) is 2.15. The van der Waals surface area contributed by atoms with Crippen molar-refractivity contribution in [3.63, 3.8) is 0 Å². The number of hydrogen-bond acceptors (Lipinski definition) is 5. The number of nitrogens with one attached hydrogen (secondary N) is 2. The van der Waals surface area contributed by atoms with E-state index in [-0.39, 0.29) is 5.54 Å². The van der Waals surface area contributed by atoms with Gasteiger partial charge >= 0.3 is 0 Å². The van der Waals surface area contributed by atoms with Crippen LogP contribution in [0.5, 0.6) is 0 Å². The summed E-state index contributed by atoms with van der Waals surface area (Å²) in [6, 6.07) is 1.96. The molecule has 0 aromatic carbocycles. The summed E-state index contributed by atoms with van der Waals surface area (Å²) in [4.78, 5) is 8.80. The predicted molar refractivity (Wildman–Crippen MR) is 79.4 cm³/mol. The molecule has 106 valence electrons. The molecule has 2 rings (SSSR count). The highest BCUT2D eigenvalue weighted by Gasteiger charge is 2.17. The molecule has 19 heavy (non-hydrogen) atoms. The highest BCUT2D eigenvalue weighted by Crippen LogP contribution is 2.26. The van der Waals surface area contributed by atoms with Gasteiger partial charge in [-0.1, -0.05) is 6.42 Å². The number of anilines is 2. The lowest BCUT2D eigenvalue weighted by Crippen LogP contribution is -2.39. The normalized spacial score (nSPS) is 16.0. The number of nitrogens with zero attached hydrogens (tertiary/aromatic N) is 2. The summed E-state index contributed by atoms with van der Waals surface area (Å²) in [6.45, 7) is 7.59. The van der Waals surface area contributed by atoms with Crippen LogP contribution >= 0.6 is 0 Å². The topological polar surface area (TPSA) is 75.9 Å². The van der Waals surface area contributed by atoms with Crippen LogP contribution in [0, 0.1) is 12.8 Å². The molecule has 1 aliphatic rings. The zero-order valence-corrected chi connectivity index (χ0v) is 12.2. The van der Waals surface area contributed by atoms with Crippen LogP contribution in [-0.2, 0) is 0 Å². The van der Waals surface area contributed by atoms with Gasteiger partial charge in [0.15, 0.2) is 0 Å². The first-order chi connectivity index (χ1) is 8.92. The lowest BCUT2D eigenvalue weighted by Gasteiger charge is -2.25. The zero-order valence-electron chi connectivity index (χ0n) is 12.2. The zero-order chi connectivity index (χ0) is 13.9. The Bertz CT molecular complexity index is 420. The van der Waals surface area contributed by atoms with Gasteiger partial charge in [0.25, 0.3) is 0 Å². The van der Waals surface area contributed by atoms with Crippen molar-refractivity contribution < 1.29 is 0 Å². The summed E-state index contributed by atoms with van der Waals surface area (Å²) in [5.74, 6) is 3.32. The van der Waals surface area contributed by atoms with E-state index in [1.165, 1.54) is 19.3 Å². The average Bonchev–Trinajstić information content (AvgIpc) is 2.23. The van der Waals surface area contributed by atoms with Gasteiger partial charge in [-0.05, 0) is 39.5 Å². The van der Waals surface area contributed by atoms with E-state index in [4.69, 9.17) is 5.73 Å². The van der Waals surface area contributed by atoms with Gasteiger partial charge in [-0.15, -0.1) is 0 Å². The fraction of sp³-hybridized carbons (Fsp3) is 0.714. The van der Waals surface area contributed by atoms with E-state index >= 15 is 0 Å². The van der Waals surface area contributed by atoms with Crippen molar-refractivity contribution in [3.05, 3.63) is 11.9 Å². The Morgan fingerprint density at radius 3 is 2.42 bits per heavy atom. The van der Waals surface area contributed by atoms with Gasteiger partial charge in [0, 0.05) is 24.7 Å². The van der Waals surface area contributed by atoms with E-state index in [1.54, 1.807) is 0 Å². The van der Waals surface area contributed by atoms with Crippen LogP contribution in [0.4, 0.5) is 11.6 Å². The van der Waals surface area contributed by atoms with Crippen molar-refractivity contribution in [1.82, 2.24) is 9.97 Å². The number of aryl methyl sites for hydroxylation is 1. The van der Waals surface area contributed by atoms with Crippen molar-refractivity contribution in [1.29, 1.82) is 0 Å². The standard InChI is InChI=1S/C14H25N5/c1-10-18-12(16-8-11-5-4-6-11)7-13(19-10)17-9-14(2,3)15/h7,11H,4-6,8-9,15H2,1-3H3,(H2,16,17,18,19). The summed E-state index contributed by atoms with van der Waals surface area (Å²) in [5, 5.41) is 6.67. The fourth-order valence-electron chi connectivity index (χ4n) is 2.01. The van der Waals surface area contributed by atoms with Gasteiger partial charge in [0.2, 0.25) is 0 Å². The van der Waals surface area contributed by atoms with Crippen molar-refractivity contribution >= 4 is 11.6 Å². The van der Waals surface area contributed by atoms with Gasteiger partial charge in [-0.25, -0.2) is 9.97 Å². The maximum atomic E-state index is 5.96. The smallest absolute Gasteiger partial charge is 0.131 e. The molecular formula is C14H25N5. The average molecular weight is 263 g/mol. The SMILES string of the molecule is Cc1nc(NCC2CCC2)cc(NCC(C)(C)N)n1. The van der Waals surface area contributed by atoms with E-state index in [0.717, 1.165) is 29.9 Å². The van der Waals surface area contributed by atoms with Crippen molar-refractivity contribution in [3.8, 4) is 0 Å². The monoisotopic (exact) mass is 263 g/mol. The molecule has 0 aliphatic heterocycles. The second kappa shape index (κ2) is 5.74. The first-order valence-electron chi connectivity index (χ1n) is 7.05. The van der Waals surface area contributed by atoms with E-state index in [0.29, 0.717) is 6.54 Å². The minimum Gasteiger partial charge on any atom is -0.370 e. The number of aromatic nitrogens is 2. The summed E-state index contributed by atoms with van der Waals surface area (Å²) in [5.41, 5.74) is 5.71. The third-order valence-corrected chi connectivity index (χ3v) is 3.36. The van der Waals surface area contributed by atoms with Crippen LogP contribution in [0.3, 0.4) is 0 Å². The first kappa shape index (κ1) is 14.1. The number of rotatable bonds is 6. The maximum Gasteiger partial charge on any atom is 0.131 e. The third-order valence-electron chi connectivity index (χ3n) is 3.36.